The molecule has 1 aliphatic heterocycles. The van der Waals surface area contributed by atoms with Crippen LogP contribution in [0.2, 0.25) is 0 Å². The molecule has 2 aromatic carbocycles. The number of para-hydroxylation sites is 1. The molecular formula is C19H16BrFN4OS. The van der Waals surface area contributed by atoms with Gasteiger partial charge in [-0.15, -0.1) is 5.10 Å². The van der Waals surface area contributed by atoms with E-state index in [9.17, 15) is 9.18 Å². The maximum atomic E-state index is 14.0. The molecule has 0 radical (unpaired) electrons. The summed E-state index contributed by atoms with van der Waals surface area (Å²) in [5, 5.41) is 4.15. The van der Waals surface area contributed by atoms with E-state index in [1.54, 1.807) is 17.0 Å². The minimum atomic E-state index is -0.235. The molecule has 0 saturated carbocycles. The van der Waals surface area contributed by atoms with Crippen molar-refractivity contribution in [2.24, 2.45) is 0 Å². The molecule has 0 bridgehead atoms. The Hall–Kier alpha value is -2.32. The maximum absolute atomic E-state index is 14.0. The Labute approximate surface area is 168 Å². The maximum Gasteiger partial charge on any atom is 0.268 e. The smallest absolute Gasteiger partial charge is 0.268 e. The van der Waals surface area contributed by atoms with Gasteiger partial charge in [0.1, 0.15) is 16.4 Å². The first kappa shape index (κ1) is 18.1. The van der Waals surface area contributed by atoms with Gasteiger partial charge < -0.3 is 9.80 Å². The second-order valence-corrected chi connectivity index (χ2v) is 7.86. The molecule has 0 atom stereocenters. The third kappa shape index (κ3) is 3.72. The van der Waals surface area contributed by atoms with Crippen LogP contribution < -0.4 is 4.90 Å². The quantitative estimate of drug-likeness (QED) is 0.608. The molecule has 8 heteroatoms. The molecule has 1 saturated heterocycles. The predicted molar refractivity (Wildman–Crippen MR) is 108 cm³/mol. The van der Waals surface area contributed by atoms with Crippen molar-refractivity contribution in [3.63, 3.8) is 0 Å². The Balaban J connectivity index is 1.48. The third-order valence-electron chi connectivity index (χ3n) is 4.56. The van der Waals surface area contributed by atoms with Gasteiger partial charge in [0, 0.05) is 36.2 Å². The van der Waals surface area contributed by atoms with Gasteiger partial charge >= 0.3 is 0 Å². The number of anilines is 1. The third-order valence-corrected chi connectivity index (χ3v) is 5.80. The van der Waals surface area contributed by atoms with Gasteiger partial charge in [-0.1, -0.05) is 44.7 Å². The summed E-state index contributed by atoms with van der Waals surface area (Å²) in [7, 11) is 0. The minimum Gasteiger partial charge on any atom is -0.366 e. The molecule has 0 spiro atoms. The van der Waals surface area contributed by atoms with E-state index in [2.05, 4.69) is 25.5 Å². The molecule has 1 amide bonds. The largest absolute Gasteiger partial charge is 0.366 e. The lowest BCUT2D eigenvalue weighted by Crippen LogP contribution is -2.49. The highest BCUT2D eigenvalue weighted by Crippen LogP contribution is 2.27. The molecule has 0 unspecified atom stereocenters. The van der Waals surface area contributed by atoms with Crippen molar-refractivity contribution in [3.8, 4) is 11.3 Å². The van der Waals surface area contributed by atoms with Crippen molar-refractivity contribution >= 4 is 39.1 Å². The van der Waals surface area contributed by atoms with Gasteiger partial charge in [0.15, 0.2) is 0 Å². The van der Waals surface area contributed by atoms with Crippen molar-refractivity contribution in [1.29, 1.82) is 0 Å². The van der Waals surface area contributed by atoms with E-state index in [0.29, 0.717) is 42.4 Å². The second-order valence-electron chi connectivity index (χ2n) is 6.19. The predicted octanol–water partition coefficient (Wildman–Crippen LogP) is 4.07. The molecule has 5 nitrogen and oxygen atoms in total. The molecule has 4 rings (SSSR count). The molecule has 1 aromatic heterocycles. The summed E-state index contributed by atoms with van der Waals surface area (Å²) >= 11 is 4.52. The average molecular weight is 447 g/mol. The lowest BCUT2D eigenvalue weighted by atomic mass is 10.1. The van der Waals surface area contributed by atoms with Gasteiger partial charge in [-0.05, 0) is 35.8 Å². The molecule has 138 valence electrons. The van der Waals surface area contributed by atoms with Crippen molar-refractivity contribution in [3.05, 3.63) is 63.7 Å². The summed E-state index contributed by atoms with van der Waals surface area (Å²) in [6.45, 7) is 2.24. The van der Waals surface area contributed by atoms with E-state index in [4.69, 9.17) is 0 Å². The Kier molecular flexibility index (Phi) is 5.18. The minimum absolute atomic E-state index is 0.0731. The van der Waals surface area contributed by atoms with E-state index < -0.39 is 0 Å². The molecule has 27 heavy (non-hydrogen) atoms. The number of halogens is 2. The van der Waals surface area contributed by atoms with E-state index in [-0.39, 0.29) is 11.7 Å². The fraction of sp³-hybridized carbons (Fsp3) is 0.211. The first-order valence-electron chi connectivity index (χ1n) is 8.50. The second kappa shape index (κ2) is 7.74. The molecule has 2 heterocycles. The van der Waals surface area contributed by atoms with Crippen LogP contribution in [0.15, 0.2) is 53.0 Å². The highest BCUT2D eigenvalue weighted by molar-refractivity contribution is 9.10. The van der Waals surface area contributed by atoms with Crippen LogP contribution in [-0.2, 0) is 0 Å². The first-order valence-corrected chi connectivity index (χ1v) is 10.1. The molecule has 1 fully saturated rings. The van der Waals surface area contributed by atoms with Crippen LogP contribution in [0, 0.1) is 5.82 Å². The number of hydrogen-bond donors (Lipinski definition) is 0. The Bertz CT molecular complexity index is 954. The first-order chi connectivity index (χ1) is 13.1. The van der Waals surface area contributed by atoms with Gasteiger partial charge in [0.05, 0.1) is 5.69 Å². The molecule has 0 aliphatic carbocycles. The van der Waals surface area contributed by atoms with Crippen molar-refractivity contribution in [1.82, 2.24) is 14.5 Å². The van der Waals surface area contributed by atoms with Crippen LogP contribution in [0.1, 0.15) is 9.67 Å². The number of carbonyl (C=O) groups excluding carboxylic acids is 1. The summed E-state index contributed by atoms with van der Waals surface area (Å²) in [4.78, 5) is 17.3. The van der Waals surface area contributed by atoms with E-state index in [1.807, 2.05) is 35.2 Å². The van der Waals surface area contributed by atoms with Gasteiger partial charge in [-0.2, -0.15) is 0 Å². The molecule has 1 aliphatic rings. The van der Waals surface area contributed by atoms with E-state index in [1.165, 1.54) is 6.07 Å². The average Bonchev–Trinajstić information content (AvgIpc) is 3.18. The number of nitrogens with zero attached hydrogens (tertiary/aromatic N) is 4. The van der Waals surface area contributed by atoms with Crippen LogP contribution in [0.3, 0.4) is 0 Å². The van der Waals surface area contributed by atoms with Crippen molar-refractivity contribution in [2.75, 3.05) is 31.1 Å². The summed E-state index contributed by atoms with van der Waals surface area (Å²) in [6, 6.07) is 14.4. The molecule has 3 aromatic rings. The van der Waals surface area contributed by atoms with Gasteiger partial charge in [-0.25, -0.2) is 4.39 Å². The van der Waals surface area contributed by atoms with Crippen molar-refractivity contribution in [2.45, 2.75) is 0 Å². The number of hydrogen-bond acceptors (Lipinski definition) is 5. The summed E-state index contributed by atoms with van der Waals surface area (Å²) in [5.41, 5.74) is 2.05. The highest BCUT2D eigenvalue weighted by atomic mass is 79.9. The van der Waals surface area contributed by atoms with E-state index >= 15 is 0 Å². The summed E-state index contributed by atoms with van der Waals surface area (Å²) in [6.07, 6.45) is 0. The fourth-order valence-corrected chi connectivity index (χ4v) is 4.05. The number of piperazine rings is 1. The zero-order valence-electron chi connectivity index (χ0n) is 14.3. The number of rotatable bonds is 3. The standard InChI is InChI=1S/C19H16BrFN4OS/c20-14-7-5-13(6-8-14)17-18(27-23-22-17)19(26)25-11-9-24(10-12-25)16-4-2-1-3-15(16)21/h1-8H,9-12H2. The van der Waals surface area contributed by atoms with Gasteiger partial charge in [-0.3, -0.25) is 4.79 Å². The van der Waals surface area contributed by atoms with E-state index in [0.717, 1.165) is 21.6 Å². The Morgan fingerprint density at radius 3 is 2.44 bits per heavy atom. The van der Waals surface area contributed by atoms with Crippen LogP contribution in [-0.4, -0.2) is 46.6 Å². The molecule has 0 N–H and O–H groups in total. The normalized spacial score (nSPS) is 14.4. The number of amides is 1. The zero-order chi connectivity index (χ0) is 18.8. The zero-order valence-corrected chi connectivity index (χ0v) is 16.7. The topological polar surface area (TPSA) is 49.3 Å². The summed E-state index contributed by atoms with van der Waals surface area (Å²) < 4.78 is 18.9. The number of benzene rings is 2. The monoisotopic (exact) mass is 446 g/mol. The Morgan fingerprint density at radius 2 is 1.74 bits per heavy atom. The van der Waals surface area contributed by atoms with Gasteiger partial charge in [0.25, 0.3) is 5.91 Å². The Morgan fingerprint density at radius 1 is 1.04 bits per heavy atom. The number of carbonyl (C=O) groups is 1. The highest BCUT2D eigenvalue weighted by Gasteiger charge is 2.27. The lowest BCUT2D eigenvalue weighted by Gasteiger charge is -2.36. The lowest BCUT2D eigenvalue weighted by molar-refractivity contribution is 0.0752. The fourth-order valence-electron chi connectivity index (χ4n) is 3.13. The summed E-state index contributed by atoms with van der Waals surface area (Å²) in [5.74, 6) is -0.308. The van der Waals surface area contributed by atoms with Crippen LogP contribution in [0.5, 0.6) is 0 Å². The van der Waals surface area contributed by atoms with Crippen LogP contribution >= 0.6 is 27.5 Å². The SMILES string of the molecule is O=C(c1snnc1-c1ccc(Br)cc1)N1CCN(c2ccccc2F)CC1. The van der Waals surface area contributed by atoms with Gasteiger partial charge in [0.2, 0.25) is 0 Å². The van der Waals surface area contributed by atoms with Crippen LogP contribution in [0.25, 0.3) is 11.3 Å². The van der Waals surface area contributed by atoms with Crippen LogP contribution in [0.4, 0.5) is 10.1 Å². The van der Waals surface area contributed by atoms with Crippen molar-refractivity contribution < 1.29 is 9.18 Å². The molecular weight excluding hydrogens is 431 g/mol. The number of aromatic nitrogens is 2.